The molecular weight excluding hydrogens is 605 g/mol. The van der Waals surface area contributed by atoms with Crippen LogP contribution >= 0.6 is 23.5 Å². The standard InChI is InChI=1S/C38H34BN3O2S2/c1-3-7-27(8-4-1)42(28-9-5-2-6-10-28)31-25-36-38-37(26-31)46-35-24-30(41-17-21-44-22-18-41)12-14-33(35)39(38)32-13-11-29(23-34(32)45-36)40-15-19-43-20-16-40/h1-14,23-26H,15-22H2. The molecular formula is C38H34BN3O2S2. The van der Waals surface area contributed by atoms with E-state index in [0.717, 1.165) is 64.0 Å². The molecule has 0 unspecified atom stereocenters. The van der Waals surface area contributed by atoms with Crippen molar-refractivity contribution >= 4 is 75.1 Å². The SMILES string of the molecule is c1ccc(N(c2ccccc2)c2cc3c4c(c2)Sc2cc(N5CCOCC5)ccc2B4c2ccc(N4CCOCC4)cc2S3)cc1. The van der Waals surface area contributed by atoms with Crippen LogP contribution in [0.3, 0.4) is 0 Å². The molecule has 4 heterocycles. The van der Waals surface area contributed by atoms with Crippen molar-refractivity contribution in [1.29, 1.82) is 0 Å². The van der Waals surface area contributed by atoms with Gasteiger partial charge in [0.05, 0.1) is 26.4 Å². The highest BCUT2D eigenvalue weighted by Gasteiger charge is 2.39. The van der Waals surface area contributed by atoms with Gasteiger partial charge in [-0.2, -0.15) is 0 Å². The Kier molecular flexibility index (Phi) is 7.46. The summed E-state index contributed by atoms with van der Waals surface area (Å²) in [5, 5.41) is 0. The molecule has 4 aliphatic rings. The molecule has 0 atom stereocenters. The summed E-state index contributed by atoms with van der Waals surface area (Å²) < 4.78 is 11.3. The van der Waals surface area contributed by atoms with Gasteiger partial charge in [-0.15, -0.1) is 0 Å². The molecule has 2 fully saturated rings. The largest absolute Gasteiger partial charge is 0.378 e. The second kappa shape index (κ2) is 12.1. The molecule has 0 aromatic heterocycles. The van der Waals surface area contributed by atoms with Gasteiger partial charge < -0.3 is 24.2 Å². The van der Waals surface area contributed by atoms with Gasteiger partial charge in [-0.25, -0.2) is 0 Å². The normalized spacial score (nSPS) is 16.8. The molecule has 0 aliphatic carbocycles. The Labute approximate surface area is 279 Å². The third-order valence-corrected chi connectivity index (χ3v) is 11.7. The first-order valence-corrected chi connectivity index (χ1v) is 17.8. The molecule has 0 radical (unpaired) electrons. The number of fused-ring (bicyclic) bond motifs is 4. The third kappa shape index (κ3) is 5.08. The van der Waals surface area contributed by atoms with Crippen LogP contribution in [0, 0.1) is 0 Å². The third-order valence-electron chi connectivity index (χ3n) is 9.47. The summed E-state index contributed by atoms with van der Waals surface area (Å²) in [7, 11) is 0. The highest BCUT2D eigenvalue weighted by atomic mass is 32.2. The quantitative estimate of drug-likeness (QED) is 0.205. The molecule has 8 heteroatoms. The summed E-state index contributed by atoms with van der Waals surface area (Å²) in [4.78, 5) is 12.7. The van der Waals surface area contributed by atoms with E-state index >= 15 is 0 Å². The maximum absolute atomic E-state index is 5.67. The molecule has 0 amide bonds. The minimum atomic E-state index is 0.200. The van der Waals surface area contributed by atoms with E-state index in [2.05, 4.69) is 124 Å². The number of benzene rings is 5. The van der Waals surface area contributed by atoms with Crippen molar-refractivity contribution in [3.8, 4) is 0 Å². The van der Waals surface area contributed by atoms with Gasteiger partial charge in [-0.3, -0.25) is 0 Å². The van der Waals surface area contributed by atoms with Gasteiger partial charge in [0.25, 0.3) is 0 Å². The van der Waals surface area contributed by atoms with Crippen molar-refractivity contribution < 1.29 is 9.47 Å². The fraction of sp³-hybridized carbons (Fsp3) is 0.211. The van der Waals surface area contributed by atoms with Crippen LogP contribution in [0.1, 0.15) is 0 Å². The van der Waals surface area contributed by atoms with Crippen LogP contribution < -0.4 is 31.1 Å². The van der Waals surface area contributed by atoms with Gasteiger partial charge in [0, 0.05) is 74.2 Å². The smallest absolute Gasteiger partial charge is 0.247 e. The molecule has 5 aromatic rings. The number of ether oxygens (including phenoxy) is 2. The number of anilines is 5. The van der Waals surface area contributed by atoms with E-state index in [0.29, 0.717) is 0 Å². The summed E-state index contributed by atoms with van der Waals surface area (Å²) in [6, 6.07) is 40.7. The first kappa shape index (κ1) is 28.4. The Hall–Kier alpha value is -3.82. The van der Waals surface area contributed by atoms with E-state index < -0.39 is 0 Å². The molecule has 5 aromatic carbocycles. The summed E-state index contributed by atoms with van der Waals surface area (Å²) in [5.74, 6) is 0. The van der Waals surface area contributed by atoms with Crippen molar-refractivity contribution in [1.82, 2.24) is 0 Å². The van der Waals surface area contributed by atoms with Gasteiger partial charge in [-0.1, -0.05) is 83.0 Å². The Bertz CT molecular complexity index is 1760. The molecule has 0 N–H and O–H groups in total. The molecule has 0 saturated carbocycles. The monoisotopic (exact) mass is 639 g/mol. The fourth-order valence-corrected chi connectivity index (χ4v) is 9.76. The van der Waals surface area contributed by atoms with E-state index in [1.54, 1.807) is 0 Å². The molecule has 2 saturated heterocycles. The minimum Gasteiger partial charge on any atom is -0.378 e. The zero-order valence-corrected chi connectivity index (χ0v) is 27.2. The molecule has 4 aliphatic heterocycles. The maximum atomic E-state index is 5.67. The lowest BCUT2D eigenvalue weighted by Gasteiger charge is -2.36. The van der Waals surface area contributed by atoms with Gasteiger partial charge in [0.1, 0.15) is 0 Å². The maximum Gasteiger partial charge on any atom is 0.247 e. The molecule has 228 valence electrons. The van der Waals surface area contributed by atoms with E-state index in [1.165, 1.54) is 53.0 Å². The van der Waals surface area contributed by atoms with E-state index in [4.69, 9.17) is 9.47 Å². The highest BCUT2D eigenvalue weighted by molar-refractivity contribution is 8.01. The number of para-hydroxylation sites is 2. The lowest BCUT2D eigenvalue weighted by atomic mass is 9.36. The second-order valence-corrected chi connectivity index (χ2v) is 14.3. The fourth-order valence-electron chi connectivity index (χ4n) is 7.22. The number of hydrogen-bond acceptors (Lipinski definition) is 7. The van der Waals surface area contributed by atoms with Crippen molar-refractivity contribution in [2.24, 2.45) is 0 Å². The van der Waals surface area contributed by atoms with Crippen molar-refractivity contribution in [2.75, 3.05) is 67.3 Å². The number of morpholine rings is 2. The predicted octanol–water partition coefficient (Wildman–Crippen LogP) is 6.28. The number of hydrogen-bond donors (Lipinski definition) is 0. The topological polar surface area (TPSA) is 28.2 Å². The van der Waals surface area contributed by atoms with Gasteiger partial charge in [0.15, 0.2) is 0 Å². The minimum absolute atomic E-state index is 0.200. The Morgan fingerprint density at radius 1 is 0.500 bits per heavy atom. The summed E-state index contributed by atoms with van der Waals surface area (Å²) in [5.41, 5.74) is 10.3. The zero-order chi connectivity index (χ0) is 30.5. The first-order chi connectivity index (χ1) is 22.8. The van der Waals surface area contributed by atoms with Crippen molar-refractivity contribution in [3.05, 3.63) is 109 Å². The van der Waals surface area contributed by atoms with E-state index in [-0.39, 0.29) is 6.71 Å². The van der Waals surface area contributed by atoms with Gasteiger partial charge in [0.2, 0.25) is 6.71 Å². The van der Waals surface area contributed by atoms with E-state index in [1.807, 2.05) is 23.5 Å². The van der Waals surface area contributed by atoms with Crippen LogP contribution in [0.15, 0.2) is 129 Å². The van der Waals surface area contributed by atoms with Gasteiger partial charge in [-0.05, 0) is 66.1 Å². The average molecular weight is 640 g/mol. The van der Waals surface area contributed by atoms with Crippen LogP contribution in [0.4, 0.5) is 28.4 Å². The van der Waals surface area contributed by atoms with E-state index in [9.17, 15) is 0 Å². The Morgan fingerprint density at radius 3 is 1.41 bits per heavy atom. The van der Waals surface area contributed by atoms with Gasteiger partial charge >= 0.3 is 0 Å². The van der Waals surface area contributed by atoms with Crippen LogP contribution in [-0.4, -0.2) is 59.3 Å². The Balaban J connectivity index is 1.21. The lowest BCUT2D eigenvalue weighted by Crippen LogP contribution is -2.58. The van der Waals surface area contributed by atoms with Crippen LogP contribution in [0.2, 0.25) is 0 Å². The molecule has 0 bridgehead atoms. The summed E-state index contributed by atoms with van der Waals surface area (Å²) in [6.07, 6.45) is 0. The molecule has 9 rings (SSSR count). The first-order valence-electron chi connectivity index (χ1n) is 16.2. The predicted molar refractivity (Wildman–Crippen MR) is 193 cm³/mol. The average Bonchev–Trinajstić information content (AvgIpc) is 3.12. The molecule has 0 spiro atoms. The lowest BCUT2D eigenvalue weighted by molar-refractivity contribution is 0.122. The van der Waals surface area contributed by atoms with Crippen LogP contribution in [-0.2, 0) is 9.47 Å². The molecule has 5 nitrogen and oxygen atoms in total. The Morgan fingerprint density at radius 2 is 0.957 bits per heavy atom. The number of rotatable bonds is 5. The van der Waals surface area contributed by atoms with Crippen molar-refractivity contribution in [3.63, 3.8) is 0 Å². The number of nitrogens with zero attached hydrogens (tertiary/aromatic N) is 3. The van der Waals surface area contributed by atoms with Crippen molar-refractivity contribution in [2.45, 2.75) is 19.6 Å². The summed E-state index contributed by atoms with van der Waals surface area (Å²) in [6.45, 7) is 7.08. The van der Waals surface area contributed by atoms with Crippen LogP contribution in [0.25, 0.3) is 0 Å². The second-order valence-electron chi connectivity index (χ2n) is 12.1. The molecule has 46 heavy (non-hydrogen) atoms. The highest BCUT2D eigenvalue weighted by Crippen LogP contribution is 2.45. The zero-order valence-electron chi connectivity index (χ0n) is 25.6. The van der Waals surface area contributed by atoms with Crippen LogP contribution in [0.5, 0.6) is 0 Å². The summed E-state index contributed by atoms with van der Waals surface area (Å²) >= 11 is 3.86.